The standard InChI is InChI=1S/C12H25N3O2/c1-15-7-4-10(5-8-15)3-6-14-12(16)11(9-13)17-2/h10-11H,3-9,13H2,1-2H3,(H,14,16). The van der Waals surface area contributed by atoms with Crippen molar-refractivity contribution < 1.29 is 9.53 Å². The first-order valence-corrected chi connectivity index (χ1v) is 6.36. The molecule has 100 valence electrons. The van der Waals surface area contributed by atoms with Crippen LogP contribution in [0.4, 0.5) is 0 Å². The Morgan fingerprint density at radius 3 is 2.71 bits per heavy atom. The summed E-state index contributed by atoms with van der Waals surface area (Å²) in [6.45, 7) is 3.30. The van der Waals surface area contributed by atoms with Crippen LogP contribution >= 0.6 is 0 Å². The van der Waals surface area contributed by atoms with Crippen LogP contribution < -0.4 is 11.1 Å². The molecular formula is C12H25N3O2. The molecule has 1 aliphatic rings. The smallest absolute Gasteiger partial charge is 0.250 e. The van der Waals surface area contributed by atoms with Crippen molar-refractivity contribution >= 4 is 5.91 Å². The number of methoxy groups -OCH3 is 1. The summed E-state index contributed by atoms with van der Waals surface area (Å²) in [6, 6.07) is 0. The van der Waals surface area contributed by atoms with Gasteiger partial charge in [0.05, 0.1) is 0 Å². The minimum Gasteiger partial charge on any atom is -0.370 e. The highest BCUT2D eigenvalue weighted by molar-refractivity contribution is 5.80. The van der Waals surface area contributed by atoms with Crippen molar-refractivity contribution in [3.8, 4) is 0 Å². The largest absolute Gasteiger partial charge is 0.370 e. The molecule has 0 aromatic rings. The summed E-state index contributed by atoms with van der Waals surface area (Å²) in [5.41, 5.74) is 5.42. The van der Waals surface area contributed by atoms with Crippen molar-refractivity contribution in [1.82, 2.24) is 10.2 Å². The Hall–Kier alpha value is -0.650. The summed E-state index contributed by atoms with van der Waals surface area (Å²) in [5, 5.41) is 2.89. The van der Waals surface area contributed by atoms with Gasteiger partial charge in [-0.25, -0.2) is 0 Å². The van der Waals surface area contributed by atoms with E-state index in [1.165, 1.54) is 33.0 Å². The molecule has 17 heavy (non-hydrogen) atoms. The molecule has 1 unspecified atom stereocenters. The number of carbonyl (C=O) groups excluding carboxylic acids is 1. The Kier molecular flexibility index (Phi) is 6.47. The second-order valence-corrected chi connectivity index (χ2v) is 4.79. The number of ether oxygens (including phenoxy) is 1. The molecule has 3 N–H and O–H groups in total. The molecular weight excluding hydrogens is 218 g/mol. The van der Waals surface area contributed by atoms with Crippen molar-refractivity contribution in [3.05, 3.63) is 0 Å². The average Bonchev–Trinajstić information content (AvgIpc) is 2.33. The summed E-state index contributed by atoms with van der Waals surface area (Å²) >= 11 is 0. The average molecular weight is 243 g/mol. The third kappa shape index (κ3) is 5.02. The number of nitrogens with one attached hydrogen (secondary N) is 1. The summed E-state index contributed by atoms with van der Waals surface area (Å²) in [4.78, 5) is 13.9. The second kappa shape index (κ2) is 7.63. The first-order valence-electron chi connectivity index (χ1n) is 6.36. The predicted molar refractivity (Wildman–Crippen MR) is 67.7 cm³/mol. The van der Waals surface area contributed by atoms with Crippen LogP contribution in [0.2, 0.25) is 0 Å². The third-order valence-electron chi connectivity index (χ3n) is 3.48. The lowest BCUT2D eigenvalue weighted by molar-refractivity contribution is -0.130. The minimum atomic E-state index is -0.507. The maximum atomic E-state index is 11.6. The van der Waals surface area contributed by atoms with E-state index < -0.39 is 6.10 Å². The first kappa shape index (κ1) is 14.4. The van der Waals surface area contributed by atoms with Crippen molar-refractivity contribution in [2.45, 2.75) is 25.4 Å². The second-order valence-electron chi connectivity index (χ2n) is 4.79. The van der Waals surface area contributed by atoms with Gasteiger partial charge in [-0.3, -0.25) is 4.79 Å². The SMILES string of the molecule is COC(CN)C(=O)NCCC1CCN(C)CC1. The van der Waals surface area contributed by atoms with Gasteiger partial charge in [0.2, 0.25) is 5.91 Å². The molecule has 1 saturated heterocycles. The van der Waals surface area contributed by atoms with E-state index >= 15 is 0 Å². The van der Waals surface area contributed by atoms with Gasteiger partial charge in [-0.2, -0.15) is 0 Å². The molecule has 0 aromatic heterocycles. The molecule has 1 fully saturated rings. The van der Waals surface area contributed by atoms with Gasteiger partial charge in [0, 0.05) is 20.2 Å². The van der Waals surface area contributed by atoms with E-state index in [0.717, 1.165) is 18.9 Å². The van der Waals surface area contributed by atoms with Gasteiger partial charge >= 0.3 is 0 Å². The number of rotatable bonds is 6. The fraction of sp³-hybridized carbons (Fsp3) is 0.917. The van der Waals surface area contributed by atoms with Crippen LogP contribution in [0, 0.1) is 5.92 Å². The van der Waals surface area contributed by atoms with Crippen molar-refractivity contribution in [2.75, 3.05) is 40.3 Å². The number of nitrogens with zero attached hydrogens (tertiary/aromatic N) is 1. The number of hydrogen-bond acceptors (Lipinski definition) is 4. The molecule has 0 spiro atoms. The fourth-order valence-electron chi connectivity index (χ4n) is 2.17. The Labute approximate surface area is 104 Å². The molecule has 0 bridgehead atoms. The molecule has 0 aliphatic carbocycles. The lowest BCUT2D eigenvalue weighted by Gasteiger charge is -2.29. The third-order valence-corrected chi connectivity index (χ3v) is 3.48. The maximum absolute atomic E-state index is 11.6. The van der Waals surface area contributed by atoms with E-state index in [2.05, 4.69) is 17.3 Å². The lowest BCUT2D eigenvalue weighted by Crippen LogP contribution is -2.41. The molecule has 5 nitrogen and oxygen atoms in total. The zero-order valence-corrected chi connectivity index (χ0v) is 10.9. The van der Waals surface area contributed by atoms with Gasteiger partial charge in [-0.05, 0) is 45.3 Å². The molecule has 1 atom stereocenters. The Bertz CT molecular complexity index is 224. The molecule has 1 amide bonds. The zero-order valence-electron chi connectivity index (χ0n) is 10.9. The van der Waals surface area contributed by atoms with E-state index in [-0.39, 0.29) is 12.5 Å². The minimum absolute atomic E-state index is 0.0945. The number of hydrogen-bond donors (Lipinski definition) is 2. The number of amides is 1. The van der Waals surface area contributed by atoms with Gasteiger partial charge in [-0.1, -0.05) is 0 Å². The van der Waals surface area contributed by atoms with Gasteiger partial charge in [-0.15, -0.1) is 0 Å². The van der Waals surface area contributed by atoms with E-state index in [4.69, 9.17) is 10.5 Å². The van der Waals surface area contributed by atoms with Crippen LogP contribution in [0.1, 0.15) is 19.3 Å². The summed E-state index contributed by atoms with van der Waals surface area (Å²) in [6.07, 6.45) is 3.02. The van der Waals surface area contributed by atoms with Crippen LogP contribution in [-0.2, 0) is 9.53 Å². The van der Waals surface area contributed by atoms with E-state index in [9.17, 15) is 4.79 Å². The van der Waals surface area contributed by atoms with Crippen molar-refractivity contribution in [3.63, 3.8) is 0 Å². The highest BCUT2D eigenvalue weighted by Gasteiger charge is 2.18. The molecule has 0 radical (unpaired) electrons. The fourth-order valence-corrected chi connectivity index (χ4v) is 2.17. The molecule has 1 rings (SSSR count). The number of carbonyl (C=O) groups is 1. The number of nitrogens with two attached hydrogens (primary N) is 1. The topological polar surface area (TPSA) is 67.6 Å². The predicted octanol–water partition coefficient (Wildman–Crippen LogP) is -0.192. The van der Waals surface area contributed by atoms with Crippen LogP contribution in [0.3, 0.4) is 0 Å². The van der Waals surface area contributed by atoms with Crippen LogP contribution in [-0.4, -0.2) is 57.2 Å². The van der Waals surface area contributed by atoms with Gasteiger partial charge in [0.15, 0.2) is 0 Å². The van der Waals surface area contributed by atoms with E-state index in [1.54, 1.807) is 0 Å². The molecule has 0 saturated carbocycles. The van der Waals surface area contributed by atoms with Crippen LogP contribution in [0.15, 0.2) is 0 Å². The Morgan fingerprint density at radius 2 is 2.18 bits per heavy atom. The van der Waals surface area contributed by atoms with Crippen LogP contribution in [0.5, 0.6) is 0 Å². The monoisotopic (exact) mass is 243 g/mol. The van der Waals surface area contributed by atoms with Gasteiger partial charge in [0.1, 0.15) is 6.10 Å². The Morgan fingerprint density at radius 1 is 1.53 bits per heavy atom. The number of piperidine rings is 1. The van der Waals surface area contributed by atoms with Crippen LogP contribution in [0.25, 0.3) is 0 Å². The van der Waals surface area contributed by atoms with Crippen molar-refractivity contribution in [1.29, 1.82) is 0 Å². The van der Waals surface area contributed by atoms with Crippen molar-refractivity contribution in [2.24, 2.45) is 11.7 Å². The highest BCUT2D eigenvalue weighted by atomic mass is 16.5. The highest BCUT2D eigenvalue weighted by Crippen LogP contribution is 2.18. The molecule has 1 heterocycles. The molecule has 5 heteroatoms. The summed E-state index contributed by atoms with van der Waals surface area (Å²) < 4.78 is 4.97. The summed E-state index contributed by atoms with van der Waals surface area (Å²) in [7, 11) is 3.66. The Balaban J connectivity index is 2.13. The van der Waals surface area contributed by atoms with E-state index in [0.29, 0.717) is 0 Å². The first-order chi connectivity index (χ1) is 8.17. The molecule has 0 aromatic carbocycles. The lowest BCUT2D eigenvalue weighted by atomic mass is 9.94. The quantitative estimate of drug-likeness (QED) is 0.678. The van der Waals surface area contributed by atoms with Gasteiger partial charge in [0.25, 0.3) is 0 Å². The summed E-state index contributed by atoms with van der Waals surface area (Å²) in [5.74, 6) is 0.647. The normalized spacial score (nSPS) is 20.2. The maximum Gasteiger partial charge on any atom is 0.250 e. The zero-order chi connectivity index (χ0) is 12.7. The van der Waals surface area contributed by atoms with E-state index in [1.807, 2.05) is 0 Å². The number of likely N-dealkylation sites (tertiary alicyclic amines) is 1. The van der Waals surface area contributed by atoms with Gasteiger partial charge < -0.3 is 20.7 Å². The molecule has 1 aliphatic heterocycles.